The summed E-state index contributed by atoms with van der Waals surface area (Å²) in [6.45, 7) is 1.93. The highest BCUT2D eigenvalue weighted by Gasteiger charge is 2.04. The van der Waals surface area contributed by atoms with Gasteiger partial charge in [-0.2, -0.15) is 0 Å². The first kappa shape index (κ1) is 10.4. The highest BCUT2D eigenvalue weighted by molar-refractivity contribution is 6.06. The second kappa shape index (κ2) is 5.17. The standard InChI is InChI=1S/C11H13N2O/c1-2-6-10(14)13-11(12)9-7-4-3-5-8-9/h4-5,7-8H,2,6H2,1H3,(H2,12,13,14). The summed E-state index contributed by atoms with van der Waals surface area (Å²) in [5.41, 5.74) is 0.702. The van der Waals surface area contributed by atoms with Crippen LogP contribution < -0.4 is 5.32 Å². The minimum Gasteiger partial charge on any atom is -0.311 e. The normalized spacial score (nSPS) is 9.50. The Morgan fingerprint density at radius 3 is 2.71 bits per heavy atom. The Bertz CT molecular complexity index is 319. The Morgan fingerprint density at radius 1 is 1.50 bits per heavy atom. The zero-order chi connectivity index (χ0) is 10.4. The first-order chi connectivity index (χ1) is 6.74. The largest absolute Gasteiger partial charge is 0.311 e. The molecule has 0 bridgehead atoms. The molecule has 0 unspecified atom stereocenters. The molecule has 0 spiro atoms. The van der Waals surface area contributed by atoms with Crippen LogP contribution in [-0.2, 0) is 4.79 Å². The Balaban J connectivity index is 2.55. The van der Waals surface area contributed by atoms with Gasteiger partial charge in [-0.05, 0) is 12.5 Å². The lowest BCUT2D eigenvalue weighted by Crippen LogP contribution is -2.29. The molecule has 73 valence electrons. The van der Waals surface area contributed by atoms with Crippen LogP contribution in [-0.4, -0.2) is 11.7 Å². The van der Waals surface area contributed by atoms with E-state index in [1.165, 1.54) is 0 Å². The lowest BCUT2D eigenvalue weighted by Gasteiger charge is -2.05. The second-order valence-corrected chi connectivity index (χ2v) is 2.96. The minimum atomic E-state index is -0.106. The zero-order valence-electron chi connectivity index (χ0n) is 8.13. The fourth-order valence-electron chi connectivity index (χ4n) is 1.05. The van der Waals surface area contributed by atoms with Crippen LogP contribution in [0.4, 0.5) is 0 Å². The van der Waals surface area contributed by atoms with Gasteiger partial charge in [-0.25, -0.2) is 0 Å². The van der Waals surface area contributed by atoms with Crippen molar-refractivity contribution in [3.8, 4) is 0 Å². The average molecular weight is 189 g/mol. The molecular formula is C11H13N2O. The molecular weight excluding hydrogens is 176 g/mol. The van der Waals surface area contributed by atoms with Gasteiger partial charge < -0.3 is 5.32 Å². The van der Waals surface area contributed by atoms with Gasteiger partial charge in [-0.15, -0.1) is 0 Å². The molecule has 0 heterocycles. The van der Waals surface area contributed by atoms with Crippen molar-refractivity contribution in [2.45, 2.75) is 19.8 Å². The van der Waals surface area contributed by atoms with E-state index < -0.39 is 0 Å². The van der Waals surface area contributed by atoms with Crippen molar-refractivity contribution in [2.75, 3.05) is 0 Å². The summed E-state index contributed by atoms with van der Waals surface area (Å²) >= 11 is 0. The lowest BCUT2D eigenvalue weighted by atomic mass is 10.2. The molecule has 14 heavy (non-hydrogen) atoms. The van der Waals surface area contributed by atoms with E-state index in [4.69, 9.17) is 5.41 Å². The number of rotatable bonds is 3. The number of carbonyl (C=O) groups excluding carboxylic acids is 1. The fraction of sp³-hybridized carbons (Fsp3) is 0.273. The molecule has 0 aliphatic rings. The predicted molar refractivity (Wildman–Crippen MR) is 55.2 cm³/mol. The third-order valence-electron chi connectivity index (χ3n) is 1.75. The minimum absolute atomic E-state index is 0.106. The van der Waals surface area contributed by atoms with Crippen molar-refractivity contribution in [3.05, 3.63) is 35.9 Å². The maximum Gasteiger partial charge on any atom is 0.225 e. The molecule has 0 aromatic heterocycles. The van der Waals surface area contributed by atoms with Crippen LogP contribution in [0.2, 0.25) is 0 Å². The van der Waals surface area contributed by atoms with Gasteiger partial charge in [0, 0.05) is 12.0 Å². The van der Waals surface area contributed by atoms with Crippen LogP contribution in [0.3, 0.4) is 0 Å². The summed E-state index contributed by atoms with van der Waals surface area (Å²) in [7, 11) is 0. The van der Waals surface area contributed by atoms with Gasteiger partial charge >= 0.3 is 0 Å². The zero-order valence-corrected chi connectivity index (χ0v) is 8.13. The molecule has 1 rings (SSSR count). The number of hydrogen-bond acceptors (Lipinski definition) is 2. The van der Waals surface area contributed by atoms with Gasteiger partial charge in [0.2, 0.25) is 5.91 Å². The molecule has 0 saturated heterocycles. The molecule has 0 aliphatic heterocycles. The number of amidine groups is 1. The summed E-state index contributed by atoms with van der Waals surface area (Å²) in [4.78, 5) is 11.2. The summed E-state index contributed by atoms with van der Waals surface area (Å²) in [5.74, 6) is 0.0442. The average Bonchev–Trinajstić information content (AvgIpc) is 2.19. The van der Waals surface area contributed by atoms with Crippen LogP contribution >= 0.6 is 0 Å². The highest BCUT2D eigenvalue weighted by atomic mass is 16.1. The lowest BCUT2D eigenvalue weighted by molar-refractivity contribution is -0.119. The van der Waals surface area contributed by atoms with E-state index in [0.717, 1.165) is 6.42 Å². The molecule has 3 heteroatoms. The fourth-order valence-corrected chi connectivity index (χ4v) is 1.05. The molecule has 2 N–H and O–H groups in total. The van der Waals surface area contributed by atoms with Gasteiger partial charge in [0.05, 0.1) is 0 Å². The number of nitrogens with one attached hydrogen (secondary N) is 2. The van der Waals surface area contributed by atoms with Gasteiger partial charge in [0.25, 0.3) is 0 Å². The van der Waals surface area contributed by atoms with E-state index in [2.05, 4.69) is 11.4 Å². The topological polar surface area (TPSA) is 53.0 Å². The van der Waals surface area contributed by atoms with Crippen molar-refractivity contribution in [1.29, 1.82) is 5.41 Å². The Hall–Kier alpha value is -1.64. The molecule has 3 nitrogen and oxygen atoms in total. The van der Waals surface area contributed by atoms with Crippen LogP contribution in [0.15, 0.2) is 24.3 Å². The monoisotopic (exact) mass is 189 g/mol. The first-order valence-electron chi connectivity index (χ1n) is 4.59. The summed E-state index contributed by atoms with van der Waals surface area (Å²) < 4.78 is 0. The predicted octanol–water partition coefficient (Wildman–Crippen LogP) is 1.73. The first-order valence-corrected chi connectivity index (χ1v) is 4.59. The summed E-state index contributed by atoms with van der Waals surface area (Å²) in [6.07, 6.45) is 1.25. The van der Waals surface area contributed by atoms with Gasteiger partial charge in [-0.1, -0.05) is 31.2 Å². The van der Waals surface area contributed by atoms with Gasteiger partial charge in [-0.3, -0.25) is 10.2 Å². The number of carbonyl (C=O) groups is 1. The summed E-state index contributed by atoms with van der Waals surface area (Å²) in [5, 5.41) is 10.1. The van der Waals surface area contributed by atoms with Crippen LogP contribution in [0.1, 0.15) is 25.3 Å². The molecule has 0 aliphatic carbocycles. The molecule has 0 atom stereocenters. The Labute approximate surface area is 83.7 Å². The summed E-state index contributed by atoms with van der Waals surface area (Å²) in [6, 6.07) is 9.78. The molecule has 1 aromatic carbocycles. The van der Waals surface area contributed by atoms with E-state index in [9.17, 15) is 4.79 Å². The maximum absolute atomic E-state index is 11.2. The highest BCUT2D eigenvalue weighted by Crippen LogP contribution is 1.97. The molecule has 1 radical (unpaired) electrons. The van der Waals surface area contributed by atoms with Crippen LogP contribution in [0.5, 0.6) is 0 Å². The SMILES string of the molecule is CCCC(=O)NC(=N)c1cc[c]cc1. The number of hydrogen-bond donors (Lipinski definition) is 2. The second-order valence-electron chi connectivity index (χ2n) is 2.96. The van der Waals surface area contributed by atoms with Crippen LogP contribution in [0.25, 0.3) is 0 Å². The van der Waals surface area contributed by atoms with E-state index in [1.807, 2.05) is 6.92 Å². The molecule has 0 fully saturated rings. The number of benzene rings is 1. The Kier molecular flexibility index (Phi) is 3.85. The quantitative estimate of drug-likeness (QED) is 0.552. The maximum atomic E-state index is 11.2. The van der Waals surface area contributed by atoms with Crippen molar-refractivity contribution < 1.29 is 4.79 Å². The third kappa shape index (κ3) is 3.01. The van der Waals surface area contributed by atoms with Crippen molar-refractivity contribution in [1.82, 2.24) is 5.32 Å². The van der Waals surface area contributed by atoms with Gasteiger partial charge in [0.15, 0.2) is 0 Å². The van der Waals surface area contributed by atoms with E-state index >= 15 is 0 Å². The van der Waals surface area contributed by atoms with E-state index in [-0.39, 0.29) is 11.7 Å². The van der Waals surface area contributed by atoms with Crippen molar-refractivity contribution in [2.24, 2.45) is 0 Å². The van der Waals surface area contributed by atoms with E-state index in [1.54, 1.807) is 24.3 Å². The van der Waals surface area contributed by atoms with Crippen molar-refractivity contribution in [3.63, 3.8) is 0 Å². The number of amides is 1. The Morgan fingerprint density at radius 2 is 2.14 bits per heavy atom. The third-order valence-corrected chi connectivity index (χ3v) is 1.75. The van der Waals surface area contributed by atoms with Crippen LogP contribution in [0, 0.1) is 11.5 Å². The smallest absolute Gasteiger partial charge is 0.225 e. The van der Waals surface area contributed by atoms with Gasteiger partial charge in [0.1, 0.15) is 5.84 Å². The molecule has 1 amide bonds. The molecule has 1 aromatic rings. The van der Waals surface area contributed by atoms with E-state index in [0.29, 0.717) is 12.0 Å². The van der Waals surface area contributed by atoms with Crippen molar-refractivity contribution >= 4 is 11.7 Å². The molecule has 0 saturated carbocycles.